The second-order valence-electron chi connectivity index (χ2n) is 3.21. The lowest BCUT2D eigenvalue weighted by atomic mass is 10.0. The molecule has 0 spiro atoms. The van der Waals surface area contributed by atoms with Gasteiger partial charge in [0.25, 0.3) is 0 Å². The van der Waals surface area contributed by atoms with Crippen LogP contribution in [0.2, 0.25) is 0 Å². The van der Waals surface area contributed by atoms with Crippen LogP contribution in [0.4, 0.5) is 13.2 Å². The summed E-state index contributed by atoms with van der Waals surface area (Å²) < 4.78 is 39.1. The third-order valence-corrected chi connectivity index (χ3v) is 2.18. The molecule has 1 aliphatic rings. The van der Waals surface area contributed by atoms with Gasteiger partial charge in [-0.2, -0.15) is 0 Å². The summed E-state index contributed by atoms with van der Waals surface area (Å²) in [5.74, 6) is -3.20. The molecule has 1 aromatic rings. The van der Waals surface area contributed by atoms with Crippen LogP contribution in [0.25, 0.3) is 0 Å². The molecule has 0 fully saturated rings. The highest BCUT2D eigenvalue weighted by Crippen LogP contribution is 2.26. The zero-order chi connectivity index (χ0) is 11.0. The average molecular weight is 215 g/mol. The number of nitrogens with one attached hydrogen (secondary N) is 1. The summed E-state index contributed by atoms with van der Waals surface area (Å²) in [6.07, 6.45) is 0.623. The second kappa shape index (κ2) is 3.54. The molecule has 2 atom stereocenters. The Hall–Kier alpha value is -1.56. The molecular weight excluding hydrogens is 207 g/mol. The fourth-order valence-electron chi connectivity index (χ4n) is 1.46. The van der Waals surface area contributed by atoms with E-state index in [4.69, 9.17) is 5.73 Å². The Morgan fingerprint density at radius 2 is 2.00 bits per heavy atom. The third kappa shape index (κ3) is 1.68. The molecule has 0 radical (unpaired) electrons. The predicted molar refractivity (Wildman–Crippen MR) is 48.7 cm³/mol. The molecule has 0 aromatic heterocycles. The van der Waals surface area contributed by atoms with E-state index < -0.39 is 29.7 Å². The Bertz CT molecular complexity index is 419. The van der Waals surface area contributed by atoms with Crippen LogP contribution >= 0.6 is 0 Å². The van der Waals surface area contributed by atoms with Crippen molar-refractivity contribution < 1.29 is 13.2 Å². The van der Waals surface area contributed by atoms with E-state index in [1.54, 1.807) is 0 Å². The first-order valence-electron chi connectivity index (χ1n) is 4.27. The first-order chi connectivity index (χ1) is 7.09. The highest BCUT2D eigenvalue weighted by Gasteiger charge is 2.26. The predicted octanol–water partition coefficient (Wildman–Crippen LogP) is 1.06. The van der Waals surface area contributed by atoms with Crippen molar-refractivity contribution >= 4 is 6.34 Å². The molecule has 1 aromatic carbocycles. The van der Waals surface area contributed by atoms with Crippen molar-refractivity contribution in [3.8, 4) is 0 Å². The van der Waals surface area contributed by atoms with Crippen LogP contribution in [0, 0.1) is 17.5 Å². The Kier molecular flexibility index (Phi) is 2.36. The highest BCUT2D eigenvalue weighted by molar-refractivity contribution is 5.59. The van der Waals surface area contributed by atoms with Gasteiger partial charge < -0.3 is 11.1 Å². The van der Waals surface area contributed by atoms with Crippen molar-refractivity contribution in [2.45, 2.75) is 12.2 Å². The van der Waals surface area contributed by atoms with Gasteiger partial charge in [0.15, 0.2) is 11.6 Å². The largest absolute Gasteiger partial charge is 0.359 e. The standard InChI is InChI=1S/C9H8F3N3/c10-4-1-5(7(12)6(11)2-4)8-9(13)15-3-14-8/h1-3,8-9H,13H2,(H,14,15). The van der Waals surface area contributed by atoms with Gasteiger partial charge in [-0.15, -0.1) is 0 Å². The molecule has 1 aliphatic heterocycles. The Morgan fingerprint density at radius 1 is 1.27 bits per heavy atom. The van der Waals surface area contributed by atoms with E-state index in [0.717, 1.165) is 6.07 Å². The molecule has 0 bridgehead atoms. The van der Waals surface area contributed by atoms with Gasteiger partial charge in [-0.05, 0) is 6.07 Å². The number of benzene rings is 1. The molecule has 80 valence electrons. The summed E-state index contributed by atoms with van der Waals surface area (Å²) in [5.41, 5.74) is 5.35. The van der Waals surface area contributed by atoms with Crippen molar-refractivity contribution in [2.24, 2.45) is 10.7 Å². The summed E-state index contributed by atoms with van der Waals surface area (Å²) in [7, 11) is 0. The van der Waals surface area contributed by atoms with E-state index in [9.17, 15) is 13.2 Å². The number of hydrogen-bond donors (Lipinski definition) is 2. The number of aliphatic imine (C=N–C) groups is 1. The zero-order valence-corrected chi connectivity index (χ0v) is 7.55. The van der Waals surface area contributed by atoms with Crippen molar-refractivity contribution in [3.05, 3.63) is 35.1 Å². The van der Waals surface area contributed by atoms with Gasteiger partial charge >= 0.3 is 0 Å². The summed E-state index contributed by atoms with van der Waals surface area (Å²) >= 11 is 0. The summed E-state index contributed by atoms with van der Waals surface area (Å²) in [4.78, 5) is 3.80. The fraction of sp³-hybridized carbons (Fsp3) is 0.222. The lowest BCUT2D eigenvalue weighted by Crippen LogP contribution is -2.36. The molecule has 3 nitrogen and oxygen atoms in total. The van der Waals surface area contributed by atoms with Crippen molar-refractivity contribution in [1.82, 2.24) is 5.32 Å². The highest BCUT2D eigenvalue weighted by atomic mass is 19.2. The Balaban J connectivity index is 2.47. The van der Waals surface area contributed by atoms with E-state index >= 15 is 0 Å². The molecule has 2 unspecified atom stereocenters. The maximum Gasteiger partial charge on any atom is 0.164 e. The number of halogens is 3. The third-order valence-electron chi connectivity index (χ3n) is 2.18. The van der Waals surface area contributed by atoms with Gasteiger partial charge in [0, 0.05) is 11.6 Å². The van der Waals surface area contributed by atoms with Gasteiger partial charge in [-0.25, -0.2) is 13.2 Å². The van der Waals surface area contributed by atoms with E-state index in [1.807, 2.05) is 0 Å². The van der Waals surface area contributed by atoms with Crippen LogP contribution < -0.4 is 11.1 Å². The van der Waals surface area contributed by atoms with Crippen LogP contribution in [-0.4, -0.2) is 12.5 Å². The normalized spacial score (nSPS) is 24.3. The number of rotatable bonds is 1. The topological polar surface area (TPSA) is 50.4 Å². The zero-order valence-electron chi connectivity index (χ0n) is 7.55. The van der Waals surface area contributed by atoms with E-state index in [2.05, 4.69) is 10.3 Å². The fourth-order valence-corrected chi connectivity index (χ4v) is 1.46. The smallest absolute Gasteiger partial charge is 0.164 e. The molecule has 6 heteroatoms. The number of nitrogens with two attached hydrogens (primary N) is 1. The van der Waals surface area contributed by atoms with Crippen LogP contribution in [0.1, 0.15) is 11.6 Å². The molecule has 0 saturated carbocycles. The molecule has 0 aliphatic carbocycles. The maximum absolute atomic E-state index is 13.3. The van der Waals surface area contributed by atoms with Crippen molar-refractivity contribution in [3.63, 3.8) is 0 Å². The minimum atomic E-state index is -1.24. The molecular formula is C9H8F3N3. The van der Waals surface area contributed by atoms with Crippen LogP contribution in [-0.2, 0) is 0 Å². The van der Waals surface area contributed by atoms with Gasteiger partial charge in [0.2, 0.25) is 0 Å². The summed E-state index contributed by atoms with van der Waals surface area (Å²) in [6, 6.07) is 0.583. The molecule has 2 rings (SSSR count). The minimum Gasteiger partial charge on any atom is -0.359 e. The van der Waals surface area contributed by atoms with Crippen LogP contribution in [0.5, 0.6) is 0 Å². The minimum absolute atomic E-state index is 0.179. The Labute approximate surface area is 83.8 Å². The van der Waals surface area contributed by atoms with Crippen molar-refractivity contribution in [1.29, 1.82) is 0 Å². The average Bonchev–Trinajstić information content (AvgIpc) is 2.58. The van der Waals surface area contributed by atoms with Gasteiger partial charge in [-0.1, -0.05) is 0 Å². The van der Waals surface area contributed by atoms with E-state index in [0.29, 0.717) is 6.07 Å². The van der Waals surface area contributed by atoms with E-state index in [1.165, 1.54) is 6.34 Å². The monoisotopic (exact) mass is 215 g/mol. The van der Waals surface area contributed by atoms with Gasteiger partial charge in [0.1, 0.15) is 18.0 Å². The first-order valence-corrected chi connectivity index (χ1v) is 4.27. The van der Waals surface area contributed by atoms with Crippen molar-refractivity contribution in [2.75, 3.05) is 0 Å². The van der Waals surface area contributed by atoms with Crippen LogP contribution in [0.3, 0.4) is 0 Å². The van der Waals surface area contributed by atoms with E-state index in [-0.39, 0.29) is 5.56 Å². The molecule has 1 heterocycles. The van der Waals surface area contributed by atoms with Gasteiger partial charge in [-0.3, -0.25) is 4.99 Å². The SMILES string of the molecule is NC1NC=NC1c1cc(F)cc(F)c1F. The number of nitrogens with zero attached hydrogens (tertiary/aromatic N) is 1. The van der Waals surface area contributed by atoms with Crippen LogP contribution in [0.15, 0.2) is 17.1 Å². The molecule has 15 heavy (non-hydrogen) atoms. The second-order valence-corrected chi connectivity index (χ2v) is 3.21. The Morgan fingerprint density at radius 3 is 2.60 bits per heavy atom. The summed E-state index contributed by atoms with van der Waals surface area (Å²) in [6.45, 7) is 0. The quantitative estimate of drug-likeness (QED) is 0.688. The molecule has 3 N–H and O–H groups in total. The van der Waals surface area contributed by atoms with Gasteiger partial charge in [0.05, 0.1) is 6.34 Å². The summed E-state index contributed by atoms with van der Waals surface area (Å²) in [5, 5.41) is 2.61. The lowest BCUT2D eigenvalue weighted by molar-refractivity contribution is 0.460. The molecule has 0 amide bonds. The maximum atomic E-state index is 13.3. The lowest BCUT2D eigenvalue weighted by Gasteiger charge is -2.14. The number of hydrogen-bond acceptors (Lipinski definition) is 3. The molecule has 0 saturated heterocycles. The first kappa shape index (κ1) is 9.97.